The van der Waals surface area contributed by atoms with E-state index < -0.39 is 0 Å². The van der Waals surface area contributed by atoms with Gasteiger partial charge in [0.1, 0.15) is 0 Å². The predicted octanol–water partition coefficient (Wildman–Crippen LogP) is 1.72. The molecule has 0 bridgehead atoms. The van der Waals surface area contributed by atoms with Crippen molar-refractivity contribution < 1.29 is 4.42 Å². The van der Waals surface area contributed by atoms with Crippen LogP contribution in [0.1, 0.15) is 0 Å². The summed E-state index contributed by atoms with van der Waals surface area (Å²) >= 11 is 1.55. The van der Waals surface area contributed by atoms with E-state index in [1.54, 1.807) is 18.2 Å². The number of nitrogens with zero attached hydrogens (tertiary/aromatic N) is 1. The molecular weight excluding hydrogens is 148 g/mol. The van der Waals surface area contributed by atoms with Crippen molar-refractivity contribution in [2.75, 3.05) is 4.41 Å². The van der Waals surface area contributed by atoms with Crippen molar-refractivity contribution in [3.05, 3.63) is 30.0 Å². The van der Waals surface area contributed by atoms with Gasteiger partial charge < -0.3 is 4.42 Å². The maximum Gasteiger partial charge on any atom is 0.224 e. The third kappa shape index (κ3) is 0.863. The fourth-order valence-electron chi connectivity index (χ4n) is 0.721. The van der Waals surface area contributed by atoms with Crippen LogP contribution in [0.4, 0.5) is 5.88 Å². The van der Waals surface area contributed by atoms with E-state index in [1.807, 2.05) is 28.2 Å². The highest BCUT2D eigenvalue weighted by molar-refractivity contribution is 8.03. The molecule has 0 spiro atoms. The Balaban J connectivity index is 2.14. The Hall–Kier alpha value is -1.03. The second-order valence-corrected chi connectivity index (χ2v) is 2.63. The Bertz CT molecular complexity index is 224. The van der Waals surface area contributed by atoms with E-state index in [-0.39, 0.29) is 0 Å². The summed E-state index contributed by atoms with van der Waals surface area (Å²) in [7, 11) is 0. The second-order valence-electron chi connectivity index (χ2n) is 1.78. The molecule has 0 saturated carbocycles. The number of hydrogen-bond donors (Lipinski definition) is 1. The monoisotopic (exact) mass is 154 g/mol. The topological polar surface area (TPSA) is 28.4 Å². The van der Waals surface area contributed by atoms with E-state index >= 15 is 0 Å². The standard InChI is InChI=1S/C6H6N2OS/c1-2-6(9-4-1)8-7-3-5-10-8/h1-5,7H. The van der Waals surface area contributed by atoms with Crippen LogP contribution in [0.5, 0.6) is 0 Å². The molecule has 0 aromatic carbocycles. The highest BCUT2D eigenvalue weighted by Crippen LogP contribution is 2.23. The van der Waals surface area contributed by atoms with E-state index in [9.17, 15) is 0 Å². The Kier molecular flexibility index (Phi) is 1.32. The van der Waals surface area contributed by atoms with Crippen molar-refractivity contribution in [3.63, 3.8) is 0 Å². The van der Waals surface area contributed by atoms with Crippen LogP contribution in [-0.2, 0) is 0 Å². The molecule has 0 saturated heterocycles. The summed E-state index contributed by atoms with van der Waals surface area (Å²) in [6.45, 7) is 0. The minimum Gasteiger partial charge on any atom is -0.446 e. The number of nitrogens with one attached hydrogen (secondary N) is 1. The first kappa shape index (κ1) is 5.73. The molecule has 0 atom stereocenters. The number of hydrogen-bond acceptors (Lipinski definition) is 4. The smallest absolute Gasteiger partial charge is 0.224 e. The van der Waals surface area contributed by atoms with Crippen LogP contribution < -0.4 is 9.84 Å². The van der Waals surface area contributed by atoms with E-state index in [2.05, 4.69) is 5.43 Å². The van der Waals surface area contributed by atoms with Crippen LogP contribution >= 0.6 is 11.9 Å². The minimum atomic E-state index is 0.815. The summed E-state index contributed by atoms with van der Waals surface area (Å²) in [5.41, 5.74) is 2.98. The lowest BCUT2D eigenvalue weighted by Crippen LogP contribution is -2.21. The molecule has 0 amide bonds. The van der Waals surface area contributed by atoms with Crippen LogP contribution in [0.3, 0.4) is 0 Å². The van der Waals surface area contributed by atoms with E-state index in [1.165, 1.54) is 0 Å². The van der Waals surface area contributed by atoms with Crippen molar-refractivity contribution in [3.8, 4) is 0 Å². The van der Waals surface area contributed by atoms with Gasteiger partial charge >= 0.3 is 0 Å². The molecular formula is C6H6N2OS. The molecule has 1 N–H and O–H groups in total. The van der Waals surface area contributed by atoms with Crippen LogP contribution in [0.25, 0.3) is 0 Å². The SMILES string of the molecule is C1=CSN(c2ccco2)N1. The van der Waals surface area contributed by atoms with Crippen molar-refractivity contribution in [1.82, 2.24) is 5.43 Å². The molecule has 4 heteroatoms. The number of furan rings is 1. The van der Waals surface area contributed by atoms with Gasteiger partial charge in [0.05, 0.1) is 6.26 Å². The highest BCUT2D eigenvalue weighted by atomic mass is 32.2. The van der Waals surface area contributed by atoms with Crippen LogP contribution in [-0.4, -0.2) is 0 Å². The van der Waals surface area contributed by atoms with Crippen molar-refractivity contribution in [2.24, 2.45) is 0 Å². The van der Waals surface area contributed by atoms with Crippen LogP contribution in [0, 0.1) is 0 Å². The zero-order chi connectivity index (χ0) is 6.81. The predicted molar refractivity (Wildman–Crippen MR) is 41.1 cm³/mol. The molecule has 10 heavy (non-hydrogen) atoms. The first-order chi connectivity index (χ1) is 4.97. The van der Waals surface area contributed by atoms with Gasteiger partial charge in [0.25, 0.3) is 0 Å². The van der Waals surface area contributed by atoms with Gasteiger partial charge in [-0.15, -0.1) is 0 Å². The lowest BCUT2D eigenvalue weighted by atomic mass is 10.6. The normalized spacial score (nSPS) is 15.8. The van der Waals surface area contributed by atoms with Gasteiger partial charge in [-0.1, -0.05) is 0 Å². The van der Waals surface area contributed by atoms with Gasteiger partial charge in [0.2, 0.25) is 5.88 Å². The summed E-state index contributed by atoms with van der Waals surface area (Å²) in [6, 6.07) is 3.75. The van der Waals surface area contributed by atoms with Crippen LogP contribution in [0.15, 0.2) is 34.4 Å². The lowest BCUT2D eigenvalue weighted by Gasteiger charge is -2.11. The molecule has 3 nitrogen and oxygen atoms in total. The fraction of sp³-hybridized carbons (Fsp3) is 0. The molecule has 1 aromatic heterocycles. The van der Waals surface area contributed by atoms with Gasteiger partial charge in [-0.05, 0) is 6.07 Å². The number of anilines is 1. The first-order valence-electron chi connectivity index (χ1n) is 2.88. The maximum atomic E-state index is 5.12. The number of rotatable bonds is 1. The molecule has 1 aliphatic rings. The summed E-state index contributed by atoms with van der Waals surface area (Å²) in [5, 5.41) is 1.95. The van der Waals surface area contributed by atoms with E-state index in [4.69, 9.17) is 4.42 Å². The average molecular weight is 154 g/mol. The zero-order valence-electron chi connectivity index (χ0n) is 5.15. The second kappa shape index (κ2) is 2.30. The van der Waals surface area contributed by atoms with Gasteiger partial charge in [0, 0.05) is 29.6 Å². The molecule has 2 heterocycles. The van der Waals surface area contributed by atoms with E-state index in [0.29, 0.717) is 0 Å². The summed E-state index contributed by atoms with van der Waals surface area (Å²) in [5.74, 6) is 0.815. The summed E-state index contributed by atoms with van der Waals surface area (Å²) in [4.78, 5) is 0. The third-order valence-corrected chi connectivity index (χ3v) is 1.89. The lowest BCUT2D eigenvalue weighted by molar-refractivity contribution is 0.564. The molecule has 1 aromatic rings. The molecule has 52 valence electrons. The molecule has 0 unspecified atom stereocenters. The van der Waals surface area contributed by atoms with Crippen molar-refractivity contribution >= 4 is 17.8 Å². The van der Waals surface area contributed by atoms with Gasteiger partial charge in [-0.25, -0.2) is 0 Å². The van der Waals surface area contributed by atoms with Gasteiger partial charge in [0.15, 0.2) is 0 Å². The largest absolute Gasteiger partial charge is 0.446 e. The van der Waals surface area contributed by atoms with Gasteiger partial charge in [-0.2, -0.15) is 4.41 Å². The van der Waals surface area contributed by atoms with Gasteiger partial charge in [-0.3, -0.25) is 5.43 Å². The first-order valence-corrected chi connectivity index (χ1v) is 3.72. The number of hydrazine groups is 1. The summed E-state index contributed by atoms with van der Waals surface area (Å²) in [6.07, 6.45) is 3.50. The molecule has 2 rings (SSSR count). The minimum absolute atomic E-state index is 0.815. The van der Waals surface area contributed by atoms with E-state index in [0.717, 1.165) is 5.88 Å². The summed E-state index contributed by atoms with van der Waals surface area (Å²) < 4.78 is 6.95. The molecule has 1 aliphatic heterocycles. The quantitative estimate of drug-likeness (QED) is 0.623. The zero-order valence-corrected chi connectivity index (χ0v) is 5.97. The Morgan fingerprint density at radius 2 is 2.60 bits per heavy atom. The Labute approximate surface area is 62.8 Å². The highest BCUT2D eigenvalue weighted by Gasteiger charge is 2.09. The Morgan fingerprint density at radius 1 is 1.60 bits per heavy atom. The Morgan fingerprint density at radius 3 is 3.20 bits per heavy atom. The van der Waals surface area contributed by atoms with Crippen molar-refractivity contribution in [1.29, 1.82) is 0 Å². The van der Waals surface area contributed by atoms with Crippen molar-refractivity contribution in [2.45, 2.75) is 0 Å². The fourth-order valence-corrected chi connectivity index (χ4v) is 1.29. The molecule has 0 fully saturated rings. The third-order valence-electron chi connectivity index (χ3n) is 1.13. The average Bonchev–Trinajstić information content (AvgIpc) is 2.59. The molecule has 0 radical (unpaired) electrons. The maximum absolute atomic E-state index is 5.12. The molecule has 0 aliphatic carbocycles. The van der Waals surface area contributed by atoms with Crippen LogP contribution in [0.2, 0.25) is 0 Å².